The maximum absolute atomic E-state index is 10.8. The molecule has 0 saturated heterocycles. The third-order valence-corrected chi connectivity index (χ3v) is 2.86. The van der Waals surface area contributed by atoms with Gasteiger partial charge in [0.15, 0.2) is 0 Å². The summed E-state index contributed by atoms with van der Waals surface area (Å²) in [7, 11) is 0. The zero-order valence-electron chi connectivity index (χ0n) is 10.9. The van der Waals surface area contributed by atoms with Crippen molar-refractivity contribution in [3.63, 3.8) is 0 Å². The number of aromatic nitrogens is 1. The minimum Gasteiger partial charge on any atom is -0.478 e. The van der Waals surface area contributed by atoms with Crippen LogP contribution in [0, 0.1) is 0 Å². The summed E-state index contributed by atoms with van der Waals surface area (Å²) in [5.74, 6) is 0.0710. The number of anilines is 2. The van der Waals surface area contributed by atoms with Crippen LogP contribution in [0.1, 0.15) is 35.7 Å². The van der Waals surface area contributed by atoms with Crippen LogP contribution in [0.25, 0.3) is 0 Å². The second-order valence-corrected chi connectivity index (χ2v) is 4.60. The number of pyridine rings is 1. The number of aromatic carboxylic acids is 1. The number of nitrogens with zero attached hydrogens (tertiary/aromatic N) is 1. The van der Waals surface area contributed by atoms with Gasteiger partial charge in [-0.25, -0.2) is 9.78 Å². The van der Waals surface area contributed by atoms with Gasteiger partial charge in [0.05, 0.1) is 5.56 Å². The van der Waals surface area contributed by atoms with Gasteiger partial charge >= 0.3 is 5.97 Å². The van der Waals surface area contributed by atoms with Crippen molar-refractivity contribution in [3.8, 4) is 0 Å². The first-order valence-corrected chi connectivity index (χ1v) is 6.13. The zero-order chi connectivity index (χ0) is 13.8. The molecule has 0 spiro atoms. The van der Waals surface area contributed by atoms with Gasteiger partial charge in [-0.15, -0.1) is 0 Å². The van der Waals surface area contributed by atoms with Crippen LogP contribution in [-0.4, -0.2) is 16.1 Å². The van der Waals surface area contributed by atoms with Gasteiger partial charge in [0, 0.05) is 11.9 Å². The average molecular weight is 256 g/mol. The fraction of sp³-hybridized carbons (Fsp3) is 0.200. The quantitative estimate of drug-likeness (QED) is 0.876. The molecule has 0 saturated carbocycles. The number of nitrogens with one attached hydrogen (secondary N) is 1. The van der Waals surface area contributed by atoms with Crippen LogP contribution >= 0.6 is 0 Å². The number of hydrogen-bond donors (Lipinski definition) is 2. The van der Waals surface area contributed by atoms with E-state index in [2.05, 4.69) is 30.2 Å². The van der Waals surface area contributed by atoms with Crippen molar-refractivity contribution < 1.29 is 9.90 Å². The Morgan fingerprint density at radius 3 is 2.53 bits per heavy atom. The molecule has 0 fully saturated rings. The highest BCUT2D eigenvalue weighted by molar-refractivity contribution is 5.87. The van der Waals surface area contributed by atoms with Crippen molar-refractivity contribution in [2.24, 2.45) is 0 Å². The van der Waals surface area contributed by atoms with E-state index in [9.17, 15) is 4.79 Å². The molecule has 0 bridgehead atoms. The van der Waals surface area contributed by atoms with Gasteiger partial charge in [-0.1, -0.05) is 32.0 Å². The van der Waals surface area contributed by atoms with Gasteiger partial charge in [-0.2, -0.15) is 0 Å². The molecule has 1 heterocycles. The smallest absolute Gasteiger partial charge is 0.337 e. The number of carbonyl (C=O) groups is 1. The molecule has 98 valence electrons. The minimum absolute atomic E-state index is 0.183. The predicted molar refractivity (Wildman–Crippen MR) is 75.0 cm³/mol. The van der Waals surface area contributed by atoms with Crippen LogP contribution in [0.4, 0.5) is 11.5 Å². The molecule has 2 N–H and O–H groups in total. The molecule has 19 heavy (non-hydrogen) atoms. The first-order valence-electron chi connectivity index (χ1n) is 6.13. The van der Waals surface area contributed by atoms with Crippen molar-refractivity contribution in [2.75, 3.05) is 5.32 Å². The number of para-hydroxylation sites is 1. The lowest BCUT2D eigenvalue weighted by molar-refractivity contribution is 0.0696. The summed E-state index contributed by atoms with van der Waals surface area (Å²) >= 11 is 0. The van der Waals surface area contributed by atoms with Gasteiger partial charge in [-0.3, -0.25) is 0 Å². The second kappa shape index (κ2) is 5.52. The van der Waals surface area contributed by atoms with Crippen molar-refractivity contribution in [3.05, 3.63) is 53.7 Å². The first kappa shape index (κ1) is 13.1. The van der Waals surface area contributed by atoms with E-state index in [-0.39, 0.29) is 5.56 Å². The first-order chi connectivity index (χ1) is 9.08. The standard InChI is InChI=1S/C15H16N2O2/c1-10(2)12-5-3-4-6-13(12)17-14-8-7-11(9-16-14)15(18)19/h3-10H,1-2H3,(H,16,17)(H,18,19). The predicted octanol–water partition coefficient (Wildman–Crippen LogP) is 3.65. The summed E-state index contributed by atoms with van der Waals surface area (Å²) in [6.07, 6.45) is 1.35. The summed E-state index contributed by atoms with van der Waals surface area (Å²) in [5, 5.41) is 12.0. The molecule has 2 rings (SSSR count). The molecule has 0 radical (unpaired) electrons. The highest BCUT2D eigenvalue weighted by atomic mass is 16.4. The van der Waals surface area contributed by atoms with Crippen molar-refractivity contribution in [1.29, 1.82) is 0 Å². The maximum atomic E-state index is 10.8. The molecule has 0 aliphatic carbocycles. The lowest BCUT2D eigenvalue weighted by Gasteiger charge is -2.13. The summed E-state index contributed by atoms with van der Waals surface area (Å²) in [6, 6.07) is 11.2. The third-order valence-electron chi connectivity index (χ3n) is 2.86. The van der Waals surface area contributed by atoms with Crippen LogP contribution in [0.5, 0.6) is 0 Å². The van der Waals surface area contributed by atoms with E-state index in [1.807, 2.05) is 18.2 Å². The van der Waals surface area contributed by atoms with Crippen molar-refractivity contribution >= 4 is 17.5 Å². The molecule has 0 unspecified atom stereocenters. The number of benzene rings is 1. The Kier molecular flexibility index (Phi) is 3.80. The van der Waals surface area contributed by atoms with Crippen LogP contribution in [0.2, 0.25) is 0 Å². The van der Waals surface area contributed by atoms with E-state index < -0.39 is 5.97 Å². The molecule has 4 heteroatoms. The normalized spacial score (nSPS) is 10.5. The van der Waals surface area contributed by atoms with Crippen LogP contribution in [-0.2, 0) is 0 Å². The summed E-state index contributed by atoms with van der Waals surface area (Å²) in [6.45, 7) is 4.25. The summed E-state index contributed by atoms with van der Waals surface area (Å²) < 4.78 is 0. The highest BCUT2D eigenvalue weighted by Gasteiger charge is 2.07. The van der Waals surface area contributed by atoms with Crippen molar-refractivity contribution in [2.45, 2.75) is 19.8 Å². The lowest BCUT2D eigenvalue weighted by Crippen LogP contribution is -2.01. The fourth-order valence-corrected chi connectivity index (χ4v) is 1.85. The minimum atomic E-state index is -0.971. The molecule has 0 amide bonds. The largest absolute Gasteiger partial charge is 0.478 e. The Morgan fingerprint density at radius 1 is 1.21 bits per heavy atom. The van der Waals surface area contributed by atoms with E-state index in [1.165, 1.54) is 17.8 Å². The molecular weight excluding hydrogens is 240 g/mol. The van der Waals surface area contributed by atoms with Gasteiger partial charge in [-0.05, 0) is 29.7 Å². The van der Waals surface area contributed by atoms with E-state index in [4.69, 9.17) is 5.11 Å². The average Bonchev–Trinajstić information content (AvgIpc) is 2.39. The molecule has 4 nitrogen and oxygen atoms in total. The van der Waals surface area contributed by atoms with E-state index >= 15 is 0 Å². The Morgan fingerprint density at radius 2 is 1.95 bits per heavy atom. The Balaban J connectivity index is 2.24. The molecule has 2 aromatic rings. The topological polar surface area (TPSA) is 62.2 Å². The third kappa shape index (κ3) is 3.10. The molecule has 0 atom stereocenters. The molecule has 0 aliphatic heterocycles. The fourth-order valence-electron chi connectivity index (χ4n) is 1.85. The van der Waals surface area contributed by atoms with Crippen LogP contribution in [0.3, 0.4) is 0 Å². The van der Waals surface area contributed by atoms with Gasteiger partial charge in [0.2, 0.25) is 0 Å². The molecule has 0 aliphatic rings. The van der Waals surface area contributed by atoms with Crippen LogP contribution in [0.15, 0.2) is 42.6 Å². The maximum Gasteiger partial charge on any atom is 0.337 e. The number of carboxylic acid groups (broad SMARTS) is 1. The van der Waals surface area contributed by atoms with E-state index in [1.54, 1.807) is 6.07 Å². The van der Waals surface area contributed by atoms with E-state index in [0.717, 1.165) is 5.69 Å². The number of rotatable bonds is 4. The van der Waals surface area contributed by atoms with Crippen molar-refractivity contribution in [1.82, 2.24) is 4.98 Å². The highest BCUT2D eigenvalue weighted by Crippen LogP contribution is 2.26. The summed E-state index contributed by atoms with van der Waals surface area (Å²) in [4.78, 5) is 14.9. The van der Waals surface area contributed by atoms with Gasteiger partial charge in [0.1, 0.15) is 5.82 Å². The SMILES string of the molecule is CC(C)c1ccccc1Nc1ccc(C(=O)O)cn1. The van der Waals surface area contributed by atoms with Crippen LogP contribution < -0.4 is 5.32 Å². The second-order valence-electron chi connectivity index (χ2n) is 4.60. The zero-order valence-corrected chi connectivity index (χ0v) is 10.9. The van der Waals surface area contributed by atoms with Gasteiger partial charge < -0.3 is 10.4 Å². The molecule has 1 aromatic carbocycles. The summed E-state index contributed by atoms with van der Waals surface area (Å²) in [5.41, 5.74) is 2.38. The molecular formula is C15H16N2O2. The molecule has 1 aromatic heterocycles. The Labute approximate surface area is 112 Å². The van der Waals surface area contributed by atoms with E-state index in [0.29, 0.717) is 11.7 Å². The Bertz CT molecular complexity index is 577. The monoisotopic (exact) mass is 256 g/mol. The van der Waals surface area contributed by atoms with Gasteiger partial charge in [0.25, 0.3) is 0 Å². The number of hydrogen-bond acceptors (Lipinski definition) is 3. The Hall–Kier alpha value is -2.36. The number of carboxylic acids is 1. The lowest BCUT2D eigenvalue weighted by atomic mass is 10.0.